The Morgan fingerprint density at radius 2 is 1.77 bits per heavy atom. The fourth-order valence-electron chi connectivity index (χ4n) is 3.39. The van der Waals surface area contributed by atoms with Crippen LogP contribution in [0.15, 0.2) is 41.1 Å². The second-order valence-corrected chi connectivity index (χ2v) is 12.6. The van der Waals surface area contributed by atoms with Gasteiger partial charge in [-0.3, -0.25) is 0 Å². The van der Waals surface area contributed by atoms with Gasteiger partial charge in [0, 0.05) is 0 Å². The van der Waals surface area contributed by atoms with E-state index in [1.807, 2.05) is 6.07 Å². The molecule has 168 valence electrons. The molecule has 30 heavy (non-hydrogen) atoms. The van der Waals surface area contributed by atoms with E-state index in [-0.39, 0.29) is 17.1 Å². The molecule has 1 aromatic carbocycles. The van der Waals surface area contributed by atoms with Gasteiger partial charge >= 0.3 is 0 Å². The van der Waals surface area contributed by atoms with E-state index in [1.165, 1.54) is 11.1 Å². The second-order valence-electron chi connectivity index (χ2n) is 9.49. The van der Waals surface area contributed by atoms with Crippen LogP contribution in [0, 0.1) is 5.41 Å². The highest BCUT2D eigenvalue weighted by Gasteiger charge is 2.29. The van der Waals surface area contributed by atoms with Crippen molar-refractivity contribution in [2.75, 3.05) is 6.61 Å². The molecule has 0 spiro atoms. The Labute approximate surface area is 189 Å². The SMILES string of the molecule is CCC(CC)(COc1cccc(CC(O[SiH](C)C)C(C)(C)C)c1)OCc1ccsc1. The summed E-state index contributed by atoms with van der Waals surface area (Å²) in [6.45, 7) is 16.8. The summed E-state index contributed by atoms with van der Waals surface area (Å²) in [6.07, 6.45) is 2.98. The van der Waals surface area contributed by atoms with Crippen LogP contribution in [0.25, 0.3) is 0 Å². The van der Waals surface area contributed by atoms with Crippen molar-refractivity contribution in [2.45, 2.75) is 85.3 Å². The van der Waals surface area contributed by atoms with E-state index in [0.29, 0.717) is 13.2 Å². The smallest absolute Gasteiger partial charge is 0.171 e. The van der Waals surface area contributed by atoms with Gasteiger partial charge in [0.25, 0.3) is 0 Å². The zero-order valence-corrected chi connectivity index (χ0v) is 21.8. The Kier molecular flexibility index (Phi) is 9.60. The summed E-state index contributed by atoms with van der Waals surface area (Å²) in [5.41, 5.74) is 2.34. The molecular formula is C25H40O3SSi. The molecule has 0 fully saturated rings. The third-order valence-electron chi connectivity index (χ3n) is 5.64. The maximum Gasteiger partial charge on any atom is 0.171 e. The number of thiophene rings is 1. The van der Waals surface area contributed by atoms with Crippen LogP contribution >= 0.6 is 11.3 Å². The number of ether oxygens (including phenoxy) is 2. The predicted molar refractivity (Wildman–Crippen MR) is 131 cm³/mol. The number of hydrogen-bond donors (Lipinski definition) is 0. The zero-order valence-electron chi connectivity index (χ0n) is 19.9. The van der Waals surface area contributed by atoms with Crippen molar-refractivity contribution in [3.8, 4) is 5.75 Å². The number of hydrogen-bond acceptors (Lipinski definition) is 4. The molecule has 0 aliphatic carbocycles. The van der Waals surface area contributed by atoms with Crippen molar-refractivity contribution in [2.24, 2.45) is 5.41 Å². The highest BCUT2D eigenvalue weighted by atomic mass is 32.1. The maximum atomic E-state index is 6.35. The minimum Gasteiger partial charge on any atom is -0.491 e. The van der Waals surface area contributed by atoms with Crippen LogP contribution in [0.3, 0.4) is 0 Å². The van der Waals surface area contributed by atoms with E-state index < -0.39 is 9.04 Å². The molecule has 0 bridgehead atoms. The van der Waals surface area contributed by atoms with E-state index in [1.54, 1.807) is 11.3 Å². The summed E-state index contributed by atoms with van der Waals surface area (Å²) in [5, 5.41) is 4.24. The molecule has 1 unspecified atom stereocenters. The van der Waals surface area contributed by atoms with Crippen LogP contribution in [0.4, 0.5) is 0 Å². The Bertz CT molecular complexity index is 733. The van der Waals surface area contributed by atoms with Crippen molar-refractivity contribution < 1.29 is 13.9 Å². The third kappa shape index (κ3) is 7.84. The maximum absolute atomic E-state index is 6.35. The Morgan fingerprint density at radius 1 is 1.03 bits per heavy atom. The Morgan fingerprint density at radius 3 is 2.33 bits per heavy atom. The number of benzene rings is 1. The summed E-state index contributed by atoms with van der Waals surface area (Å²) in [6, 6.07) is 10.6. The minimum atomic E-state index is -1.10. The Hall–Kier alpha value is -1.14. The molecule has 0 aliphatic heterocycles. The summed E-state index contributed by atoms with van der Waals surface area (Å²) in [4.78, 5) is 0. The van der Waals surface area contributed by atoms with E-state index in [2.05, 4.69) is 82.7 Å². The van der Waals surface area contributed by atoms with Crippen LogP contribution < -0.4 is 4.74 Å². The fourth-order valence-corrected chi connectivity index (χ4v) is 5.20. The van der Waals surface area contributed by atoms with E-state index >= 15 is 0 Å². The van der Waals surface area contributed by atoms with Gasteiger partial charge in [-0.1, -0.05) is 46.8 Å². The molecule has 0 N–H and O–H groups in total. The van der Waals surface area contributed by atoms with Gasteiger partial charge in [-0.05, 0) is 77.9 Å². The van der Waals surface area contributed by atoms with Gasteiger partial charge in [0.05, 0.1) is 12.7 Å². The Balaban J connectivity index is 2.03. The molecule has 1 atom stereocenters. The van der Waals surface area contributed by atoms with Gasteiger partial charge in [-0.15, -0.1) is 0 Å². The molecule has 5 heteroatoms. The lowest BCUT2D eigenvalue weighted by Crippen LogP contribution is -2.38. The highest BCUT2D eigenvalue weighted by molar-refractivity contribution is 7.07. The molecule has 2 rings (SSSR count). The zero-order chi connectivity index (χ0) is 22.2. The summed E-state index contributed by atoms with van der Waals surface area (Å²) < 4.78 is 19.0. The normalized spacial score (nSPS) is 13.6. The van der Waals surface area contributed by atoms with Crippen molar-refractivity contribution >= 4 is 20.4 Å². The molecule has 1 aromatic heterocycles. The van der Waals surface area contributed by atoms with Gasteiger partial charge in [0.2, 0.25) is 0 Å². The second kappa shape index (κ2) is 11.5. The quantitative estimate of drug-likeness (QED) is 0.332. The minimum absolute atomic E-state index is 0.114. The van der Waals surface area contributed by atoms with Crippen LogP contribution in [0.5, 0.6) is 5.75 Å². The van der Waals surface area contributed by atoms with Gasteiger partial charge < -0.3 is 13.9 Å². The first-order valence-electron chi connectivity index (χ1n) is 11.2. The van der Waals surface area contributed by atoms with Gasteiger partial charge in [-0.25, -0.2) is 0 Å². The molecule has 0 saturated carbocycles. The van der Waals surface area contributed by atoms with Gasteiger partial charge in [-0.2, -0.15) is 11.3 Å². The molecule has 0 saturated heterocycles. The molecule has 1 heterocycles. The molecule has 0 aliphatic rings. The highest BCUT2D eigenvalue weighted by Crippen LogP contribution is 2.29. The first-order chi connectivity index (χ1) is 14.2. The third-order valence-corrected chi connectivity index (χ3v) is 7.24. The van der Waals surface area contributed by atoms with Crippen LogP contribution in [0.1, 0.15) is 58.6 Å². The van der Waals surface area contributed by atoms with Crippen molar-refractivity contribution in [1.82, 2.24) is 0 Å². The lowest BCUT2D eigenvalue weighted by Gasteiger charge is -2.33. The van der Waals surface area contributed by atoms with E-state index in [4.69, 9.17) is 13.9 Å². The van der Waals surface area contributed by atoms with Gasteiger partial charge in [0.1, 0.15) is 18.0 Å². The van der Waals surface area contributed by atoms with Crippen molar-refractivity contribution in [1.29, 1.82) is 0 Å². The molecular weight excluding hydrogens is 408 g/mol. The predicted octanol–water partition coefficient (Wildman–Crippen LogP) is 6.86. The van der Waals surface area contributed by atoms with Crippen molar-refractivity contribution in [3.63, 3.8) is 0 Å². The number of rotatable bonds is 12. The van der Waals surface area contributed by atoms with Crippen LogP contribution in [-0.4, -0.2) is 27.4 Å². The van der Waals surface area contributed by atoms with Crippen LogP contribution in [-0.2, 0) is 22.2 Å². The summed E-state index contributed by atoms with van der Waals surface area (Å²) >= 11 is 1.71. The molecule has 3 nitrogen and oxygen atoms in total. The first kappa shape index (κ1) is 25.1. The molecule has 2 aromatic rings. The lowest BCUT2D eigenvalue weighted by molar-refractivity contribution is -0.0877. The van der Waals surface area contributed by atoms with Crippen LogP contribution in [0.2, 0.25) is 13.1 Å². The summed E-state index contributed by atoms with van der Waals surface area (Å²) in [7, 11) is -1.10. The fraction of sp³-hybridized carbons (Fsp3) is 0.600. The van der Waals surface area contributed by atoms with Crippen molar-refractivity contribution in [3.05, 3.63) is 52.2 Å². The molecule has 0 amide bonds. The average Bonchev–Trinajstić information content (AvgIpc) is 3.21. The topological polar surface area (TPSA) is 27.7 Å². The largest absolute Gasteiger partial charge is 0.491 e. The molecule has 0 radical (unpaired) electrons. The van der Waals surface area contributed by atoms with E-state index in [0.717, 1.165) is 25.0 Å². The average molecular weight is 449 g/mol. The standard InChI is InChI=1S/C25H40O3SSi/c1-8-25(9-2,27-17-21-13-14-29-18-21)19-26-22-12-10-11-20(15-22)16-23(24(3,4)5)28-30(6)7/h10-15,18,23,30H,8-9,16-17,19H2,1-7H3. The van der Waals surface area contributed by atoms with E-state index in [9.17, 15) is 0 Å². The lowest BCUT2D eigenvalue weighted by atomic mass is 9.85. The summed E-state index contributed by atoms with van der Waals surface area (Å²) in [5.74, 6) is 0.910. The van der Waals surface area contributed by atoms with Gasteiger partial charge in [0.15, 0.2) is 9.04 Å². The first-order valence-corrected chi connectivity index (χ1v) is 14.9. The monoisotopic (exact) mass is 448 g/mol.